The van der Waals surface area contributed by atoms with Crippen molar-refractivity contribution >= 4 is 58.2 Å². The van der Waals surface area contributed by atoms with E-state index in [9.17, 15) is 9.59 Å². The third-order valence-electron chi connectivity index (χ3n) is 4.19. The Balaban J connectivity index is 2.37. The molecule has 2 aromatic rings. The van der Waals surface area contributed by atoms with Crippen molar-refractivity contribution in [1.82, 2.24) is 10.2 Å². The lowest BCUT2D eigenvalue weighted by molar-refractivity contribution is -0.139. The quantitative estimate of drug-likeness (QED) is 0.676. The molecule has 0 aliphatic heterocycles. The summed E-state index contributed by atoms with van der Waals surface area (Å²) in [6, 6.07) is 9.36. The predicted molar refractivity (Wildman–Crippen MR) is 111 cm³/mol. The highest BCUT2D eigenvalue weighted by Gasteiger charge is 2.27. The molecule has 0 aromatic heterocycles. The van der Waals surface area contributed by atoms with Gasteiger partial charge < -0.3 is 10.2 Å². The molecule has 27 heavy (non-hydrogen) atoms. The first kappa shape index (κ1) is 21.8. The molecule has 8 heteroatoms. The summed E-state index contributed by atoms with van der Waals surface area (Å²) in [6.07, 6.45) is -0.0537. The monoisotopic (exact) mass is 446 g/mol. The predicted octanol–water partition coefficient (Wildman–Crippen LogP) is 5.01. The maximum Gasteiger partial charge on any atom is 0.242 e. The van der Waals surface area contributed by atoms with Crippen molar-refractivity contribution in [2.45, 2.75) is 25.9 Å². The number of halogens is 4. The molecule has 0 saturated heterocycles. The Morgan fingerprint density at radius 2 is 1.37 bits per heavy atom. The van der Waals surface area contributed by atoms with Gasteiger partial charge in [0.1, 0.15) is 6.04 Å². The van der Waals surface area contributed by atoms with Gasteiger partial charge >= 0.3 is 0 Å². The maximum atomic E-state index is 13.0. The molecule has 0 radical (unpaired) electrons. The zero-order chi connectivity index (χ0) is 20.1. The summed E-state index contributed by atoms with van der Waals surface area (Å²) in [4.78, 5) is 26.6. The zero-order valence-corrected chi connectivity index (χ0v) is 17.8. The molecule has 0 bridgehead atoms. The molecular weight excluding hydrogens is 430 g/mol. The van der Waals surface area contributed by atoms with Crippen LogP contribution in [-0.2, 0) is 22.6 Å². The summed E-state index contributed by atoms with van der Waals surface area (Å²) < 4.78 is 0. The van der Waals surface area contributed by atoms with Gasteiger partial charge in [0.15, 0.2) is 0 Å². The number of carbonyl (C=O) groups is 2. The van der Waals surface area contributed by atoms with Crippen LogP contribution in [-0.4, -0.2) is 29.8 Å². The number of rotatable bonds is 6. The van der Waals surface area contributed by atoms with Crippen molar-refractivity contribution in [3.8, 4) is 0 Å². The molecule has 1 atom stereocenters. The molecule has 4 nitrogen and oxygen atoms in total. The van der Waals surface area contributed by atoms with Gasteiger partial charge in [-0.25, -0.2) is 0 Å². The van der Waals surface area contributed by atoms with E-state index in [1.165, 1.54) is 11.9 Å². The number of nitrogens with one attached hydrogen (secondary N) is 1. The van der Waals surface area contributed by atoms with Gasteiger partial charge in [0.05, 0.1) is 6.42 Å². The molecule has 2 aromatic carbocycles. The highest BCUT2D eigenvalue weighted by Crippen LogP contribution is 2.29. The van der Waals surface area contributed by atoms with Crippen LogP contribution in [0.2, 0.25) is 20.1 Å². The van der Waals surface area contributed by atoms with Crippen molar-refractivity contribution in [2.75, 3.05) is 7.05 Å². The highest BCUT2D eigenvalue weighted by molar-refractivity contribution is 6.36. The second-order valence-corrected chi connectivity index (χ2v) is 7.52. The number of benzene rings is 2. The largest absolute Gasteiger partial charge is 0.357 e. The van der Waals surface area contributed by atoms with E-state index < -0.39 is 6.04 Å². The summed E-state index contributed by atoms with van der Waals surface area (Å²) in [5, 5.41) is 4.16. The Morgan fingerprint density at radius 1 is 0.926 bits per heavy atom. The number of hydrogen-bond acceptors (Lipinski definition) is 2. The number of amides is 2. The van der Waals surface area contributed by atoms with Crippen molar-refractivity contribution in [2.24, 2.45) is 0 Å². The smallest absolute Gasteiger partial charge is 0.242 e. The Bertz CT molecular complexity index is 817. The highest BCUT2D eigenvalue weighted by atomic mass is 35.5. The SMILES string of the molecule is CNC(=O)C(C)N(Cc1c(Cl)cccc1Cl)C(=O)Cc1c(Cl)cccc1Cl. The number of nitrogens with zero attached hydrogens (tertiary/aromatic N) is 1. The van der Waals surface area contributed by atoms with Gasteiger partial charge in [-0.05, 0) is 36.8 Å². The second kappa shape index (κ2) is 9.65. The van der Waals surface area contributed by atoms with Gasteiger partial charge in [-0.2, -0.15) is 0 Å². The topological polar surface area (TPSA) is 49.4 Å². The summed E-state index contributed by atoms with van der Waals surface area (Å²) in [5.41, 5.74) is 1.07. The van der Waals surface area contributed by atoms with Crippen LogP contribution in [0.15, 0.2) is 36.4 Å². The molecule has 2 amide bonds. The van der Waals surface area contributed by atoms with Crippen molar-refractivity contribution < 1.29 is 9.59 Å². The molecule has 0 saturated carbocycles. The van der Waals surface area contributed by atoms with Crippen molar-refractivity contribution in [3.05, 3.63) is 67.6 Å². The Kier molecular flexibility index (Phi) is 7.80. The lowest BCUT2D eigenvalue weighted by Gasteiger charge is -2.29. The number of hydrogen-bond donors (Lipinski definition) is 1. The zero-order valence-electron chi connectivity index (χ0n) is 14.7. The van der Waals surface area contributed by atoms with Gasteiger partial charge in [-0.1, -0.05) is 58.5 Å². The first-order valence-corrected chi connectivity index (χ1v) is 9.64. The maximum absolute atomic E-state index is 13.0. The van der Waals surface area contributed by atoms with Crippen molar-refractivity contribution in [1.29, 1.82) is 0 Å². The van der Waals surface area contributed by atoms with E-state index in [0.29, 0.717) is 31.2 Å². The third-order valence-corrected chi connectivity index (χ3v) is 5.61. The summed E-state index contributed by atoms with van der Waals surface area (Å²) >= 11 is 24.8. The van der Waals surface area contributed by atoms with E-state index in [2.05, 4.69) is 5.32 Å². The summed E-state index contributed by atoms with van der Waals surface area (Å²) in [7, 11) is 1.51. The minimum absolute atomic E-state index is 0.0537. The number of carbonyl (C=O) groups excluding carboxylic acids is 2. The Morgan fingerprint density at radius 3 is 1.81 bits per heavy atom. The fourth-order valence-electron chi connectivity index (χ4n) is 2.60. The Labute approximate surface area is 178 Å². The van der Waals surface area contributed by atoms with Gasteiger partial charge in [-0.15, -0.1) is 0 Å². The lowest BCUT2D eigenvalue weighted by Crippen LogP contribution is -2.47. The molecule has 1 N–H and O–H groups in total. The van der Waals surface area contributed by atoms with E-state index >= 15 is 0 Å². The average Bonchev–Trinajstić information content (AvgIpc) is 2.63. The molecule has 1 unspecified atom stereocenters. The summed E-state index contributed by atoms with van der Waals surface area (Å²) in [6.45, 7) is 1.71. The Hall–Kier alpha value is -1.46. The molecule has 0 aliphatic rings. The van der Waals surface area contributed by atoms with E-state index in [1.807, 2.05) is 0 Å². The molecular formula is C19H18Cl4N2O2. The van der Waals surface area contributed by atoms with E-state index in [0.717, 1.165) is 0 Å². The van der Waals surface area contributed by atoms with Crippen LogP contribution in [0.25, 0.3) is 0 Å². The van der Waals surface area contributed by atoms with E-state index in [4.69, 9.17) is 46.4 Å². The second-order valence-electron chi connectivity index (χ2n) is 5.89. The minimum Gasteiger partial charge on any atom is -0.357 e. The molecule has 0 spiro atoms. The fourth-order valence-corrected chi connectivity index (χ4v) is 3.65. The van der Waals surface area contributed by atoms with Gasteiger partial charge in [-0.3, -0.25) is 9.59 Å². The van der Waals surface area contributed by atoms with E-state index in [1.54, 1.807) is 43.3 Å². The first-order chi connectivity index (χ1) is 12.8. The van der Waals surface area contributed by atoms with Crippen LogP contribution in [0.3, 0.4) is 0 Å². The molecule has 0 aliphatic carbocycles. The van der Waals surface area contributed by atoms with Crippen LogP contribution >= 0.6 is 46.4 Å². The standard InChI is InChI=1S/C19H18Cl4N2O2/c1-11(19(27)24-2)25(10-13-16(22)7-4-8-17(13)23)18(26)9-12-14(20)5-3-6-15(12)21/h3-8,11H,9-10H2,1-2H3,(H,24,27). The molecule has 0 heterocycles. The minimum atomic E-state index is -0.740. The molecule has 144 valence electrons. The van der Waals surface area contributed by atoms with Crippen molar-refractivity contribution in [3.63, 3.8) is 0 Å². The number of likely N-dealkylation sites (N-methyl/N-ethyl adjacent to an activating group) is 1. The van der Waals surface area contributed by atoms with Crippen LogP contribution < -0.4 is 5.32 Å². The third kappa shape index (κ3) is 5.29. The van der Waals surface area contributed by atoms with Crippen LogP contribution in [0, 0.1) is 0 Å². The van der Waals surface area contributed by atoms with Crippen LogP contribution in [0.5, 0.6) is 0 Å². The summed E-state index contributed by atoms with van der Waals surface area (Å²) in [5.74, 6) is -0.631. The van der Waals surface area contributed by atoms with Crippen LogP contribution in [0.4, 0.5) is 0 Å². The molecule has 2 rings (SSSR count). The average molecular weight is 448 g/mol. The normalized spacial score (nSPS) is 11.8. The van der Waals surface area contributed by atoms with Gasteiger partial charge in [0.25, 0.3) is 0 Å². The van der Waals surface area contributed by atoms with Gasteiger partial charge in [0.2, 0.25) is 11.8 Å². The lowest BCUT2D eigenvalue weighted by atomic mass is 10.1. The van der Waals surface area contributed by atoms with E-state index in [-0.39, 0.29) is 24.8 Å². The van der Waals surface area contributed by atoms with Crippen LogP contribution in [0.1, 0.15) is 18.1 Å². The fraction of sp³-hybridized carbons (Fsp3) is 0.263. The van der Waals surface area contributed by atoms with Gasteiger partial charge in [0, 0.05) is 39.2 Å². The first-order valence-electron chi connectivity index (χ1n) is 8.13. The molecule has 0 fully saturated rings.